The van der Waals surface area contributed by atoms with E-state index in [0.29, 0.717) is 18.8 Å². The fourth-order valence-electron chi connectivity index (χ4n) is 2.59. The zero-order chi connectivity index (χ0) is 20.7. The van der Waals surface area contributed by atoms with Gasteiger partial charge >= 0.3 is 6.09 Å². The Morgan fingerprint density at radius 2 is 1.93 bits per heavy atom. The molecule has 2 amide bonds. The Kier molecular flexibility index (Phi) is 7.14. The molecular weight excluding hydrogens is 363 g/mol. The Bertz CT molecular complexity index is 797. The average molecular weight is 390 g/mol. The van der Waals surface area contributed by atoms with E-state index < -0.39 is 17.7 Å². The molecule has 0 saturated heterocycles. The lowest BCUT2D eigenvalue weighted by atomic mass is 10.1. The van der Waals surface area contributed by atoms with Crippen molar-refractivity contribution in [2.45, 2.75) is 45.3 Å². The summed E-state index contributed by atoms with van der Waals surface area (Å²) >= 11 is 0. The maximum atomic E-state index is 13.3. The van der Waals surface area contributed by atoms with Gasteiger partial charge in [-0.25, -0.2) is 14.2 Å². The largest absolute Gasteiger partial charge is 0.444 e. The summed E-state index contributed by atoms with van der Waals surface area (Å²) < 4.78 is 20.2. The number of alkyl carbamates (subject to hydrolysis) is 1. The minimum atomic E-state index is -0.564. The van der Waals surface area contributed by atoms with Gasteiger partial charge in [-0.3, -0.25) is 4.79 Å². The molecule has 2 N–H and O–H groups in total. The summed E-state index contributed by atoms with van der Waals surface area (Å²) in [6.07, 6.45) is 3.59. The molecule has 0 fully saturated rings. The van der Waals surface area contributed by atoms with Crippen LogP contribution in [0.3, 0.4) is 0 Å². The van der Waals surface area contributed by atoms with E-state index in [1.165, 1.54) is 12.1 Å². The molecule has 1 aromatic carbocycles. The van der Waals surface area contributed by atoms with Crippen molar-refractivity contribution in [1.82, 2.24) is 20.2 Å². The summed E-state index contributed by atoms with van der Waals surface area (Å²) in [4.78, 5) is 28.3. The first-order valence-electron chi connectivity index (χ1n) is 9.14. The van der Waals surface area contributed by atoms with Crippen LogP contribution in [0, 0.1) is 5.82 Å². The predicted octanol–water partition coefficient (Wildman–Crippen LogP) is 3.07. The third-order valence-corrected chi connectivity index (χ3v) is 3.87. The third-order valence-electron chi connectivity index (χ3n) is 3.87. The van der Waals surface area contributed by atoms with Crippen molar-refractivity contribution in [3.8, 4) is 0 Å². The monoisotopic (exact) mass is 390 g/mol. The van der Waals surface area contributed by atoms with Crippen LogP contribution in [-0.4, -0.2) is 33.7 Å². The molecule has 1 unspecified atom stereocenters. The lowest BCUT2D eigenvalue weighted by molar-refractivity contribution is -0.121. The van der Waals surface area contributed by atoms with E-state index in [0.717, 1.165) is 5.56 Å². The summed E-state index contributed by atoms with van der Waals surface area (Å²) in [6.45, 7) is 5.68. The molecule has 28 heavy (non-hydrogen) atoms. The number of hydrogen-bond acceptors (Lipinski definition) is 4. The van der Waals surface area contributed by atoms with Crippen molar-refractivity contribution in [3.63, 3.8) is 0 Å². The highest BCUT2D eigenvalue weighted by atomic mass is 19.1. The predicted molar refractivity (Wildman–Crippen MR) is 103 cm³/mol. The number of benzene rings is 1. The lowest BCUT2D eigenvalue weighted by Crippen LogP contribution is -2.34. The fourth-order valence-corrected chi connectivity index (χ4v) is 2.59. The zero-order valence-electron chi connectivity index (χ0n) is 16.7. The quantitative estimate of drug-likeness (QED) is 0.712. The van der Waals surface area contributed by atoms with Crippen LogP contribution in [0.2, 0.25) is 0 Å². The highest BCUT2D eigenvalue weighted by molar-refractivity contribution is 5.77. The molecular formula is C20H27FN4O3. The highest BCUT2D eigenvalue weighted by Crippen LogP contribution is 2.21. The standard InChI is InChI=1S/C20H27FN4O3/c1-20(2,3)28-19(27)23-11-5-6-16(26)24-17(18-22-12-13-25(18)4)14-7-9-15(21)10-8-14/h7-10,12-13,17H,5-6,11H2,1-4H3,(H,23,27)(H,24,26). The number of rotatable bonds is 7. The molecule has 1 aromatic heterocycles. The van der Waals surface area contributed by atoms with Gasteiger partial charge in [-0.15, -0.1) is 0 Å². The maximum Gasteiger partial charge on any atom is 0.407 e. The first kappa shape index (κ1) is 21.4. The third kappa shape index (κ3) is 6.68. The molecule has 0 aliphatic heterocycles. The van der Waals surface area contributed by atoms with Gasteiger partial charge in [-0.2, -0.15) is 0 Å². The number of imidazole rings is 1. The minimum Gasteiger partial charge on any atom is -0.444 e. The molecule has 0 aliphatic carbocycles. The molecule has 0 spiro atoms. The number of hydrogen-bond donors (Lipinski definition) is 2. The summed E-state index contributed by atoms with van der Waals surface area (Å²) in [7, 11) is 1.83. The topological polar surface area (TPSA) is 85.3 Å². The highest BCUT2D eigenvalue weighted by Gasteiger charge is 2.21. The van der Waals surface area contributed by atoms with E-state index in [-0.39, 0.29) is 18.1 Å². The van der Waals surface area contributed by atoms with Crippen LogP contribution >= 0.6 is 0 Å². The Balaban J connectivity index is 1.92. The van der Waals surface area contributed by atoms with E-state index in [4.69, 9.17) is 4.74 Å². The van der Waals surface area contributed by atoms with Crippen LogP contribution in [0.25, 0.3) is 0 Å². The van der Waals surface area contributed by atoms with E-state index in [2.05, 4.69) is 15.6 Å². The van der Waals surface area contributed by atoms with Crippen molar-refractivity contribution < 1.29 is 18.7 Å². The van der Waals surface area contributed by atoms with Gasteiger partial charge in [0.25, 0.3) is 0 Å². The Labute approximate surface area is 164 Å². The van der Waals surface area contributed by atoms with Crippen molar-refractivity contribution >= 4 is 12.0 Å². The number of halogens is 1. The van der Waals surface area contributed by atoms with Gasteiger partial charge in [0.15, 0.2) is 0 Å². The number of aromatic nitrogens is 2. The fraction of sp³-hybridized carbons (Fsp3) is 0.450. The zero-order valence-corrected chi connectivity index (χ0v) is 16.7. The van der Waals surface area contributed by atoms with Gasteiger partial charge in [0, 0.05) is 32.4 Å². The van der Waals surface area contributed by atoms with Crippen molar-refractivity contribution in [3.05, 3.63) is 53.9 Å². The molecule has 8 heteroatoms. The molecule has 0 saturated carbocycles. The molecule has 7 nitrogen and oxygen atoms in total. The molecule has 0 radical (unpaired) electrons. The maximum absolute atomic E-state index is 13.3. The number of carbonyl (C=O) groups excluding carboxylic acids is 2. The molecule has 1 heterocycles. The summed E-state index contributed by atoms with van der Waals surface area (Å²) in [5, 5.41) is 5.56. The van der Waals surface area contributed by atoms with Crippen molar-refractivity contribution in [2.24, 2.45) is 7.05 Å². The Morgan fingerprint density at radius 1 is 1.25 bits per heavy atom. The van der Waals surface area contributed by atoms with Gasteiger partial charge < -0.3 is 19.9 Å². The second-order valence-corrected chi connectivity index (χ2v) is 7.48. The minimum absolute atomic E-state index is 0.191. The average Bonchev–Trinajstić information content (AvgIpc) is 3.02. The number of aryl methyl sites for hydroxylation is 1. The van der Waals surface area contributed by atoms with E-state index >= 15 is 0 Å². The Morgan fingerprint density at radius 3 is 2.50 bits per heavy atom. The number of amides is 2. The van der Waals surface area contributed by atoms with Crippen LogP contribution in [0.1, 0.15) is 51.0 Å². The molecule has 2 aromatic rings. The van der Waals surface area contributed by atoms with Gasteiger partial charge in [-0.05, 0) is 44.9 Å². The molecule has 0 aliphatic rings. The number of carbonyl (C=O) groups is 2. The first-order chi connectivity index (χ1) is 13.2. The number of nitrogens with zero attached hydrogens (tertiary/aromatic N) is 2. The first-order valence-corrected chi connectivity index (χ1v) is 9.14. The van der Waals surface area contributed by atoms with Crippen LogP contribution in [-0.2, 0) is 16.6 Å². The van der Waals surface area contributed by atoms with Crippen LogP contribution < -0.4 is 10.6 Å². The van der Waals surface area contributed by atoms with Gasteiger partial charge in [-0.1, -0.05) is 12.1 Å². The smallest absolute Gasteiger partial charge is 0.407 e. The molecule has 1 atom stereocenters. The lowest BCUT2D eigenvalue weighted by Gasteiger charge is -2.20. The van der Waals surface area contributed by atoms with Crippen molar-refractivity contribution in [2.75, 3.05) is 6.54 Å². The van der Waals surface area contributed by atoms with E-state index in [1.54, 1.807) is 49.9 Å². The van der Waals surface area contributed by atoms with Gasteiger partial charge in [0.2, 0.25) is 5.91 Å². The number of ether oxygens (including phenoxy) is 1. The summed E-state index contributed by atoms with van der Waals surface area (Å²) in [5.41, 5.74) is 0.169. The SMILES string of the molecule is Cn1ccnc1C(NC(=O)CCCNC(=O)OC(C)(C)C)c1ccc(F)cc1. The van der Waals surface area contributed by atoms with Crippen molar-refractivity contribution in [1.29, 1.82) is 0 Å². The molecule has 152 valence electrons. The van der Waals surface area contributed by atoms with Gasteiger partial charge in [0.1, 0.15) is 23.3 Å². The second kappa shape index (κ2) is 9.34. The Hall–Kier alpha value is -2.90. The van der Waals surface area contributed by atoms with Crippen LogP contribution in [0.5, 0.6) is 0 Å². The van der Waals surface area contributed by atoms with E-state index in [1.807, 2.05) is 7.05 Å². The number of nitrogens with one attached hydrogen (secondary N) is 2. The summed E-state index contributed by atoms with van der Waals surface area (Å²) in [5.74, 6) is 0.108. The van der Waals surface area contributed by atoms with Crippen LogP contribution in [0.15, 0.2) is 36.7 Å². The normalized spacial score (nSPS) is 12.3. The molecule has 2 rings (SSSR count). The summed E-state index contributed by atoms with van der Waals surface area (Å²) in [6, 6.07) is 5.45. The van der Waals surface area contributed by atoms with E-state index in [9.17, 15) is 14.0 Å². The second-order valence-electron chi connectivity index (χ2n) is 7.48. The van der Waals surface area contributed by atoms with Gasteiger partial charge in [0.05, 0.1) is 0 Å². The van der Waals surface area contributed by atoms with Crippen LogP contribution in [0.4, 0.5) is 9.18 Å². The molecule has 0 bridgehead atoms.